The van der Waals surface area contributed by atoms with E-state index in [9.17, 15) is 31.5 Å². The number of carbonyl (C=O) groups excluding carboxylic acids is 1. The lowest BCUT2D eigenvalue weighted by Crippen LogP contribution is -2.53. The number of nitrogens with one attached hydrogen (secondary N) is 1. The Kier molecular flexibility index (Phi) is 14.9. The van der Waals surface area contributed by atoms with Crippen molar-refractivity contribution in [3.8, 4) is 0 Å². The maximum atomic E-state index is 14.2. The van der Waals surface area contributed by atoms with Crippen LogP contribution in [0.5, 0.6) is 0 Å². The van der Waals surface area contributed by atoms with Gasteiger partial charge in [0.15, 0.2) is 8.32 Å². The summed E-state index contributed by atoms with van der Waals surface area (Å²) >= 11 is 0. The van der Waals surface area contributed by atoms with Crippen molar-refractivity contribution in [1.29, 1.82) is 0 Å². The summed E-state index contributed by atoms with van der Waals surface area (Å²) in [7, 11) is -4.88. The van der Waals surface area contributed by atoms with E-state index in [4.69, 9.17) is 13.6 Å². The first-order chi connectivity index (χ1) is 24.4. The topological polar surface area (TPSA) is 91.7 Å². The molecule has 15 heteroatoms. The first kappa shape index (κ1) is 44.9. The van der Waals surface area contributed by atoms with E-state index in [-0.39, 0.29) is 57.4 Å². The number of rotatable bonds is 17. The molecule has 3 rings (SSSR count). The van der Waals surface area contributed by atoms with Crippen LogP contribution in [0.1, 0.15) is 118 Å². The lowest BCUT2D eigenvalue weighted by atomic mass is 10.1. The quantitative estimate of drug-likeness (QED) is 0.127. The van der Waals surface area contributed by atoms with E-state index < -0.39 is 77.4 Å². The van der Waals surface area contributed by atoms with Gasteiger partial charge in [-0.25, -0.2) is 4.79 Å². The Balaban J connectivity index is 2.12. The molecule has 1 aliphatic heterocycles. The van der Waals surface area contributed by atoms with E-state index in [1.54, 1.807) is 18.2 Å². The molecule has 2 heterocycles. The largest absolute Gasteiger partial charge is 0.453 e. The Morgan fingerprint density at radius 3 is 1.85 bits per heavy atom. The van der Waals surface area contributed by atoms with E-state index >= 15 is 0 Å². The van der Waals surface area contributed by atoms with Crippen molar-refractivity contribution in [2.45, 2.75) is 166 Å². The van der Waals surface area contributed by atoms with Crippen molar-refractivity contribution in [2.24, 2.45) is 0 Å². The molecule has 300 valence electrons. The number of hydrogen-bond donors (Lipinski definition) is 1. The second kappa shape index (κ2) is 17.6. The Hall–Kier alpha value is -2.47. The zero-order chi connectivity index (χ0) is 40.3. The van der Waals surface area contributed by atoms with E-state index in [1.165, 1.54) is 18.3 Å². The average molecular weight is 790 g/mol. The number of halogens is 5. The van der Waals surface area contributed by atoms with Crippen LogP contribution in [0.2, 0.25) is 33.2 Å². The zero-order valence-corrected chi connectivity index (χ0v) is 35.3. The van der Waals surface area contributed by atoms with Gasteiger partial charge in [-0.3, -0.25) is 9.36 Å². The van der Waals surface area contributed by atoms with Crippen LogP contribution in [0.25, 0.3) is 0 Å². The highest BCUT2D eigenvalue weighted by Crippen LogP contribution is 2.47. The van der Waals surface area contributed by atoms with Crippen molar-refractivity contribution >= 4 is 28.4 Å². The molecule has 1 aromatic heterocycles. The molecule has 2 aromatic rings. The summed E-state index contributed by atoms with van der Waals surface area (Å²) in [6.07, 6.45) is -8.94. The Bertz CT molecular complexity index is 1520. The van der Waals surface area contributed by atoms with Crippen molar-refractivity contribution in [3.63, 3.8) is 0 Å². The third-order valence-electron chi connectivity index (χ3n) is 11.2. The molecule has 0 spiro atoms. The van der Waals surface area contributed by atoms with Gasteiger partial charge in [-0.05, 0) is 51.8 Å². The Labute approximate surface area is 313 Å². The standard InChI is InChI=1S/C38H60F5N3O5Si2/c1-23(2)52(24(3)4,25(5)6)49-22-32-31(51-53(26(7)8,27(9)10)28(11)12)20-33(50-32)46-21-30(18-19-37(39,40)38(41,42)43)34(45-36(46)48)44-35(47)29-16-14-13-15-17-29/h13-17,21,23-28,31-33H,18-20,22H2,1-12H3,(H,44,45,47,48)/t31-,32+,33+/m0/s1. The van der Waals surface area contributed by atoms with Crippen LogP contribution in [-0.4, -0.2) is 63.0 Å². The van der Waals surface area contributed by atoms with E-state index in [1.807, 2.05) is 0 Å². The number of hydrogen-bond acceptors (Lipinski definition) is 6. The first-order valence-corrected chi connectivity index (χ1v) is 23.1. The van der Waals surface area contributed by atoms with Crippen LogP contribution in [0.4, 0.5) is 27.8 Å². The van der Waals surface area contributed by atoms with Crippen molar-refractivity contribution < 1.29 is 40.3 Å². The lowest BCUT2D eigenvalue weighted by Gasteiger charge is -2.45. The van der Waals surface area contributed by atoms with Gasteiger partial charge < -0.3 is 18.9 Å². The van der Waals surface area contributed by atoms with Crippen LogP contribution in [0.15, 0.2) is 41.3 Å². The maximum Gasteiger partial charge on any atom is 0.453 e. The minimum absolute atomic E-state index is 0.167. The number of ether oxygens (including phenoxy) is 1. The predicted molar refractivity (Wildman–Crippen MR) is 204 cm³/mol. The molecule has 0 saturated carbocycles. The third-order valence-corrected chi connectivity index (χ3v) is 23.4. The predicted octanol–water partition coefficient (Wildman–Crippen LogP) is 10.7. The molecule has 1 amide bonds. The molecular formula is C38H60F5N3O5Si2. The number of anilines is 1. The molecule has 1 aliphatic rings. The van der Waals surface area contributed by atoms with Crippen LogP contribution in [0, 0.1) is 0 Å². The van der Waals surface area contributed by atoms with E-state index in [0.717, 1.165) is 4.57 Å². The fourth-order valence-electron chi connectivity index (χ4n) is 8.75. The van der Waals surface area contributed by atoms with E-state index in [2.05, 4.69) is 93.4 Å². The summed E-state index contributed by atoms with van der Waals surface area (Å²) in [5.74, 6) is -6.11. The number of aryl methyl sites for hydroxylation is 1. The SMILES string of the molecule is CC(C)[Si](OC[C@H]1O[C@@H](n2cc(CCC(F)(F)C(F)(F)F)c(NC(=O)c3ccccc3)nc2=O)C[C@@H]1O[Si](C(C)C)(C(C)C)C(C)C)(C(C)C)C(C)C. The Morgan fingerprint density at radius 1 is 0.868 bits per heavy atom. The molecule has 1 N–H and O–H groups in total. The first-order valence-electron chi connectivity index (χ1n) is 18.8. The zero-order valence-electron chi connectivity index (χ0n) is 33.3. The van der Waals surface area contributed by atoms with Gasteiger partial charge in [0.05, 0.1) is 12.7 Å². The van der Waals surface area contributed by atoms with Gasteiger partial charge >= 0.3 is 17.8 Å². The van der Waals surface area contributed by atoms with Crippen molar-refractivity contribution in [1.82, 2.24) is 9.55 Å². The van der Waals surface area contributed by atoms with Crippen LogP contribution < -0.4 is 11.0 Å². The van der Waals surface area contributed by atoms with Gasteiger partial charge in [-0.2, -0.15) is 26.9 Å². The maximum absolute atomic E-state index is 14.2. The van der Waals surface area contributed by atoms with Gasteiger partial charge in [-0.1, -0.05) is 101 Å². The van der Waals surface area contributed by atoms with Crippen LogP contribution in [0.3, 0.4) is 0 Å². The molecular weight excluding hydrogens is 730 g/mol. The highest BCUT2D eigenvalue weighted by molar-refractivity contribution is 6.78. The summed E-state index contributed by atoms with van der Waals surface area (Å²) in [5, 5.41) is 2.45. The molecule has 1 aromatic carbocycles. The molecule has 0 radical (unpaired) electrons. The molecule has 1 saturated heterocycles. The number of carbonyl (C=O) groups is 1. The number of nitrogens with zero attached hydrogens (tertiary/aromatic N) is 2. The molecule has 1 fully saturated rings. The van der Waals surface area contributed by atoms with E-state index in [0.29, 0.717) is 0 Å². The fourth-order valence-corrected chi connectivity index (χ4v) is 19.8. The monoisotopic (exact) mass is 789 g/mol. The normalized spacial score (nSPS) is 19.1. The Morgan fingerprint density at radius 2 is 1.38 bits per heavy atom. The summed E-state index contributed by atoms with van der Waals surface area (Å²) in [5.41, 5.74) is 0.725. The smallest absolute Gasteiger partial charge is 0.413 e. The lowest BCUT2D eigenvalue weighted by molar-refractivity contribution is -0.284. The van der Waals surface area contributed by atoms with Crippen LogP contribution in [-0.2, 0) is 20.0 Å². The van der Waals surface area contributed by atoms with Gasteiger partial charge in [0.2, 0.25) is 8.32 Å². The van der Waals surface area contributed by atoms with Crippen LogP contribution >= 0.6 is 0 Å². The minimum Gasteiger partial charge on any atom is -0.413 e. The van der Waals surface area contributed by atoms with Gasteiger partial charge in [0.1, 0.15) is 18.1 Å². The number of amides is 1. The van der Waals surface area contributed by atoms with Gasteiger partial charge in [-0.15, -0.1) is 0 Å². The molecule has 3 atom stereocenters. The minimum atomic E-state index is -5.78. The van der Waals surface area contributed by atoms with Gasteiger partial charge in [0, 0.05) is 30.2 Å². The molecule has 0 unspecified atom stereocenters. The number of alkyl halides is 5. The second-order valence-corrected chi connectivity index (χ2v) is 27.2. The number of aromatic nitrogens is 2. The summed E-state index contributed by atoms with van der Waals surface area (Å²) < 4.78 is 90.1. The average Bonchev–Trinajstić information content (AvgIpc) is 3.44. The molecule has 53 heavy (non-hydrogen) atoms. The summed E-state index contributed by atoms with van der Waals surface area (Å²) in [6.45, 7) is 26.3. The second-order valence-electron chi connectivity index (χ2n) is 16.3. The highest BCUT2D eigenvalue weighted by Gasteiger charge is 2.57. The number of benzene rings is 1. The third kappa shape index (κ3) is 9.68. The molecule has 0 aliphatic carbocycles. The summed E-state index contributed by atoms with van der Waals surface area (Å²) in [6, 6.07) is 7.88. The van der Waals surface area contributed by atoms with Gasteiger partial charge in [0.25, 0.3) is 5.91 Å². The fraction of sp³-hybridized carbons (Fsp3) is 0.711. The molecule has 8 nitrogen and oxygen atoms in total. The highest BCUT2D eigenvalue weighted by atomic mass is 28.4. The van der Waals surface area contributed by atoms with Crippen molar-refractivity contribution in [3.05, 3.63) is 58.1 Å². The summed E-state index contributed by atoms with van der Waals surface area (Å²) in [4.78, 5) is 30.7. The van der Waals surface area contributed by atoms with Crippen molar-refractivity contribution in [2.75, 3.05) is 11.9 Å². The molecule has 0 bridgehead atoms.